The van der Waals surface area contributed by atoms with E-state index in [0.717, 1.165) is 27.0 Å². The second kappa shape index (κ2) is 8.86. The molecule has 0 spiro atoms. The van der Waals surface area contributed by atoms with Gasteiger partial charge in [-0.15, -0.1) is 0 Å². The monoisotopic (exact) mass is 449 g/mol. The van der Waals surface area contributed by atoms with E-state index < -0.39 is 5.92 Å². The molecule has 0 saturated carbocycles. The highest BCUT2D eigenvalue weighted by atomic mass is 79.9. The van der Waals surface area contributed by atoms with Crippen molar-refractivity contribution in [1.82, 2.24) is 5.32 Å². The maximum Gasteiger partial charge on any atom is 0.165 e. The van der Waals surface area contributed by atoms with Crippen LogP contribution in [0.4, 0.5) is 0 Å². The van der Waals surface area contributed by atoms with E-state index in [1.54, 1.807) is 7.11 Å². The molecule has 0 saturated heterocycles. The molecule has 6 heteroatoms. The van der Waals surface area contributed by atoms with E-state index >= 15 is 0 Å². The maximum atomic E-state index is 9.79. The normalized spacial score (nSPS) is 14.1. The quantitative estimate of drug-likeness (QED) is 0.667. The second-order valence-corrected chi connectivity index (χ2v) is 7.57. The number of ether oxygens (including phenoxy) is 2. The van der Waals surface area contributed by atoms with E-state index in [2.05, 4.69) is 33.4 Å². The third-order valence-electron chi connectivity index (χ3n) is 4.84. The molecular formula is C23H20BrN3O2. The van der Waals surface area contributed by atoms with Gasteiger partial charge in [0.25, 0.3) is 0 Å². The minimum absolute atomic E-state index is 0.334. The molecule has 2 aromatic rings. The maximum absolute atomic E-state index is 9.79. The summed E-state index contributed by atoms with van der Waals surface area (Å²) in [4.78, 5) is 0. The number of nitrogens with one attached hydrogen (secondary N) is 1. The number of rotatable bonds is 5. The molecule has 0 amide bonds. The molecular weight excluding hydrogens is 430 g/mol. The molecule has 0 unspecified atom stereocenters. The van der Waals surface area contributed by atoms with Crippen molar-refractivity contribution >= 4 is 15.9 Å². The largest absolute Gasteiger partial charge is 0.493 e. The van der Waals surface area contributed by atoms with Gasteiger partial charge < -0.3 is 14.8 Å². The zero-order valence-corrected chi connectivity index (χ0v) is 18.0. The van der Waals surface area contributed by atoms with Crippen molar-refractivity contribution in [2.75, 3.05) is 7.11 Å². The number of allylic oxidation sites excluding steroid dienone is 4. The van der Waals surface area contributed by atoms with Gasteiger partial charge in [0.1, 0.15) is 6.61 Å². The van der Waals surface area contributed by atoms with Crippen LogP contribution >= 0.6 is 15.9 Å². The van der Waals surface area contributed by atoms with Crippen LogP contribution in [0.2, 0.25) is 0 Å². The van der Waals surface area contributed by atoms with Crippen molar-refractivity contribution in [2.45, 2.75) is 26.4 Å². The Morgan fingerprint density at radius 1 is 1.00 bits per heavy atom. The third-order valence-corrected chi connectivity index (χ3v) is 5.37. The van der Waals surface area contributed by atoms with Crippen LogP contribution in [0, 0.1) is 22.7 Å². The molecule has 0 fully saturated rings. The van der Waals surface area contributed by atoms with Crippen LogP contribution in [0.15, 0.2) is 69.5 Å². The van der Waals surface area contributed by atoms with Crippen LogP contribution in [0.5, 0.6) is 11.5 Å². The predicted molar refractivity (Wildman–Crippen MR) is 114 cm³/mol. The van der Waals surface area contributed by atoms with Crippen molar-refractivity contribution < 1.29 is 9.47 Å². The Kier molecular flexibility index (Phi) is 6.26. The summed E-state index contributed by atoms with van der Waals surface area (Å²) >= 11 is 3.43. The van der Waals surface area contributed by atoms with Crippen LogP contribution in [0.1, 0.15) is 30.9 Å². The summed E-state index contributed by atoms with van der Waals surface area (Å²) in [7, 11) is 1.58. The molecule has 146 valence electrons. The molecule has 0 aromatic heterocycles. The fourth-order valence-electron chi connectivity index (χ4n) is 3.41. The molecule has 0 atom stereocenters. The Bertz CT molecular complexity index is 1040. The number of para-hydroxylation sites is 1. The molecule has 29 heavy (non-hydrogen) atoms. The number of hydrogen-bond acceptors (Lipinski definition) is 5. The van der Waals surface area contributed by atoms with Crippen molar-refractivity contribution in [2.24, 2.45) is 0 Å². The third kappa shape index (κ3) is 4.13. The lowest BCUT2D eigenvalue weighted by Crippen LogP contribution is -2.23. The highest BCUT2D eigenvalue weighted by molar-refractivity contribution is 9.10. The molecule has 3 rings (SSSR count). The lowest BCUT2D eigenvalue weighted by molar-refractivity contribution is 0.281. The average Bonchev–Trinajstić information content (AvgIpc) is 2.72. The van der Waals surface area contributed by atoms with Crippen molar-refractivity contribution in [3.8, 4) is 23.6 Å². The van der Waals surface area contributed by atoms with Gasteiger partial charge in [-0.3, -0.25) is 0 Å². The first-order chi connectivity index (χ1) is 14.0. The van der Waals surface area contributed by atoms with E-state index in [9.17, 15) is 10.5 Å². The van der Waals surface area contributed by atoms with Crippen LogP contribution in [-0.4, -0.2) is 7.11 Å². The smallest absolute Gasteiger partial charge is 0.165 e. The number of nitrogens with zero attached hydrogens (tertiary/aromatic N) is 2. The summed E-state index contributed by atoms with van der Waals surface area (Å²) in [6, 6.07) is 17.9. The van der Waals surface area contributed by atoms with Crippen molar-refractivity contribution in [3.63, 3.8) is 0 Å². The Hall–Kier alpha value is -3.22. The van der Waals surface area contributed by atoms with Crippen LogP contribution in [0.3, 0.4) is 0 Å². The fraction of sp³-hybridized carbons (Fsp3) is 0.217. The SMILES string of the molecule is COc1cccc(C2C(C#N)=C(C)NC(C)=C2C#N)c1OCc1ccc(Br)cc1. The number of methoxy groups -OCH3 is 1. The first-order valence-electron chi connectivity index (χ1n) is 9.03. The highest BCUT2D eigenvalue weighted by Gasteiger charge is 2.32. The minimum atomic E-state index is -0.513. The predicted octanol–water partition coefficient (Wildman–Crippen LogP) is 5.32. The van der Waals surface area contributed by atoms with Crippen molar-refractivity contribution in [3.05, 3.63) is 80.6 Å². The van der Waals surface area contributed by atoms with Gasteiger partial charge >= 0.3 is 0 Å². The number of hydrogen-bond donors (Lipinski definition) is 1. The molecule has 5 nitrogen and oxygen atoms in total. The molecule has 0 radical (unpaired) electrons. The summed E-state index contributed by atoms with van der Waals surface area (Å²) in [5.41, 5.74) is 4.18. The van der Waals surface area contributed by atoms with E-state index in [-0.39, 0.29) is 0 Å². The summed E-state index contributed by atoms with van der Waals surface area (Å²) in [5, 5.41) is 22.7. The van der Waals surface area contributed by atoms with E-state index in [4.69, 9.17) is 9.47 Å². The van der Waals surface area contributed by atoms with Gasteiger partial charge in [-0.2, -0.15) is 10.5 Å². The number of dihydropyridines is 1. The molecule has 1 aliphatic heterocycles. The lowest BCUT2D eigenvalue weighted by Gasteiger charge is -2.28. The zero-order chi connectivity index (χ0) is 21.0. The van der Waals surface area contributed by atoms with Crippen molar-refractivity contribution in [1.29, 1.82) is 10.5 Å². The number of benzene rings is 2. The van der Waals surface area contributed by atoms with Gasteiger partial charge in [-0.25, -0.2) is 0 Å². The van der Waals surface area contributed by atoms with Crippen LogP contribution in [0.25, 0.3) is 0 Å². The van der Waals surface area contributed by atoms with Gasteiger partial charge in [-0.1, -0.05) is 40.2 Å². The van der Waals surface area contributed by atoms with E-state index in [0.29, 0.717) is 29.3 Å². The Morgan fingerprint density at radius 2 is 1.62 bits per heavy atom. The molecule has 1 N–H and O–H groups in total. The van der Waals surface area contributed by atoms with Crippen LogP contribution in [-0.2, 0) is 6.61 Å². The number of nitriles is 2. The Labute approximate surface area is 179 Å². The highest BCUT2D eigenvalue weighted by Crippen LogP contribution is 2.44. The molecule has 0 aliphatic carbocycles. The lowest BCUT2D eigenvalue weighted by atomic mass is 9.81. The van der Waals surface area contributed by atoms with E-state index in [1.165, 1.54) is 0 Å². The standard InChI is InChI=1S/C23H20BrN3O2/c1-14-19(11-25)22(20(12-26)15(2)27-14)18-5-4-6-21(28-3)23(18)29-13-16-7-9-17(24)10-8-16/h4-10,22,27H,13H2,1-3H3. The van der Waals surface area contributed by atoms with Gasteiger partial charge in [0.05, 0.1) is 36.3 Å². The second-order valence-electron chi connectivity index (χ2n) is 6.65. The first kappa shape index (κ1) is 20.5. The van der Waals surface area contributed by atoms with Gasteiger partial charge in [0.15, 0.2) is 11.5 Å². The fourth-order valence-corrected chi connectivity index (χ4v) is 3.68. The van der Waals surface area contributed by atoms with Crippen LogP contribution < -0.4 is 14.8 Å². The molecule has 1 aliphatic rings. The number of halogens is 1. The average molecular weight is 450 g/mol. The van der Waals surface area contributed by atoms with Gasteiger partial charge in [-0.05, 0) is 37.6 Å². The van der Waals surface area contributed by atoms with Gasteiger partial charge in [0, 0.05) is 21.4 Å². The Balaban J connectivity index is 2.09. The van der Waals surface area contributed by atoms with E-state index in [1.807, 2.05) is 56.3 Å². The molecule has 2 aromatic carbocycles. The Morgan fingerprint density at radius 3 is 2.17 bits per heavy atom. The molecule has 0 bridgehead atoms. The first-order valence-corrected chi connectivity index (χ1v) is 9.82. The van der Waals surface area contributed by atoms with Gasteiger partial charge in [0.2, 0.25) is 0 Å². The molecule has 1 heterocycles. The summed E-state index contributed by atoms with van der Waals surface area (Å²) in [5.74, 6) is 0.579. The minimum Gasteiger partial charge on any atom is -0.493 e. The summed E-state index contributed by atoms with van der Waals surface area (Å²) in [6.45, 7) is 4.01. The topological polar surface area (TPSA) is 78.1 Å². The summed E-state index contributed by atoms with van der Waals surface area (Å²) in [6.07, 6.45) is 0. The summed E-state index contributed by atoms with van der Waals surface area (Å²) < 4.78 is 12.7. The zero-order valence-electron chi connectivity index (χ0n) is 16.4.